The maximum Gasteiger partial charge on any atom is 0.256 e. The lowest BCUT2D eigenvalue weighted by molar-refractivity contribution is 0.102. The van der Waals surface area contributed by atoms with Gasteiger partial charge in [-0.1, -0.05) is 23.2 Å². The second kappa shape index (κ2) is 6.01. The summed E-state index contributed by atoms with van der Waals surface area (Å²) >= 11 is 11.6. The number of anilines is 1. The second-order valence-corrected chi connectivity index (χ2v) is 7.09. The van der Waals surface area contributed by atoms with Gasteiger partial charge in [-0.3, -0.25) is 4.79 Å². The van der Waals surface area contributed by atoms with Crippen molar-refractivity contribution in [3.05, 3.63) is 52.1 Å². The summed E-state index contributed by atoms with van der Waals surface area (Å²) < 4.78 is 22.7. The zero-order valence-corrected chi connectivity index (χ0v) is 13.1. The van der Waals surface area contributed by atoms with Gasteiger partial charge in [-0.25, -0.2) is 13.4 Å². The highest BCUT2D eigenvalue weighted by molar-refractivity contribution is 7.90. The largest absolute Gasteiger partial charge is 0.305 e. The van der Waals surface area contributed by atoms with Gasteiger partial charge in [-0.15, -0.1) is 0 Å². The molecule has 8 heteroatoms. The SMILES string of the molecule is CS(=O)(=O)c1ccc(C(=O)Nc2ncc(Cl)cc2Cl)cc1. The molecule has 0 spiro atoms. The molecule has 0 bridgehead atoms. The van der Waals surface area contributed by atoms with E-state index in [1.54, 1.807) is 0 Å². The van der Waals surface area contributed by atoms with Crippen LogP contribution in [-0.2, 0) is 9.84 Å². The van der Waals surface area contributed by atoms with Gasteiger partial charge in [0.05, 0.1) is 14.9 Å². The Morgan fingerprint density at radius 1 is 1.19 bits per heavy atom. The summed E-state index contributed by atoms with van der Waals surface area (Å²) in [6, 6.07) is 7.01. The van der Waals surface area contributed by atoms with E-state index in [1.807, 2.05) is 0 Å². The Morgan fingerprint density at radius 3 is 2.33 bits per heavy atom. The third-order valence-corrected chi connectivity index (χ3v) is 4.21. The van der Waals surface area contributed by atoms with E-state index in [-0.39, 0.29) is 21.3 Å². The Labute approximate surface area is 131 Å². The number of hydrogen-bond acceptors (Lipinski definition) is 4. The third-order valence-electron chi connectivity index (χ3n) is 2.58. The topological polar surface area (TPSA) is 76.1 Å². The number of nitrogens with one attached hydrogen (secondary N) is 1. The maximum absolute atomic E-state index is 12.0. The van der Waals surface area contributed by atoms with E-state index in [0.29, 0.717) is 5.02 Å². The normalized spacial score (nSPS) is 11.2. The first-order valence-electron chi connectivity index (χ1n) is 5.70. The maximum atomic E-state index is 12.0. The molecule has 2 aromatic rings. The zero-order valence-electron chi connectivity index (χ0n) is 10.8. The number of rotatable bonds is 3. The fourth-order valence-corrected chi connectivity index (χ4v) is 2.60. The van der Waals surface area contributed by atoms with Crippen LogP contribution in [0, 0.1) is 0 Å². The zero-order chi connectivity index (χ0) is 15.6. The van der Waals surface area contributed by atoms with Gasteiger partial charge in [0.1, 0.15) is 0 Å². The molecule has 0 fully saturated rings. The van der Waals surface area contributed by atoms with Crippen LogP contribution < -0.4 is 5.32 Å². The van der Waals surface area contributed by atoms with Gasteiger partial charge >= 0.3 is 0 Å². The first kappa shape index (κ1) is 15.8. The minimum absolute atomic E-state index is 0.140. The van der Waals surface area contributed by atoms with E-state index in [4.69, 9.17) is 23.2 Å². The Kier molecular flexibility index (Phi) is 4.51. The van der Waals surface area contributed by atoms with Crippen LogP contribution in [0.3, 0.4) is 0 Å². The molecule has 1 N–H and O–H groups in total. The molecule has 0 saturated carbocycles. The summed E-state index contributed by atoms with van der Waals surface area (Å²) in [7, 11) is -3.30. The van der Waals surface area contributed by atoms with Crippen LogP contribution in [0.2, 0.25) is 10.0 Å². The highest BCUT2D eigenvalue weighted by atomic mass is 35.5. The van der Waals surface area contributed by atoms with Crippen molar-refractivity contribution in [3.8, 4) is 0 Å². The molecule has 0 aliphatic heterocycles. The molecule has 0 radical (unpaired) electrons. The van der Waals surface area contributed by atoms with E-state index < -0.39 is 15.7 Å². The van der Waals surface area contributed by atoms with Gasteiger partial charge in [0.2, 0.25) is 0 Å². The number of nitrogens with zero attached hydrogens (tertiary/aromatic N) is 1. The molecule has 21 heavy (non-hydrogen) atoms. The van der Waals surface area contributed by atoms with Gasteiger partial charge in [0.15, 0.2) is 15.7 Å². The Balaban J connectivity index is 2.21. The van der Waals surface area contributed by atoms with Crippen LogP contribution in [-0.4, -0.2) is 25.6 Å². The molecule has 1 aromatic carbocycles. The van der Waals surface area contributed by atoms with Crippen molar-refractivity contribution in [1.82, 2.24) is 4.98 Å². The lowest BCUT2D eigenvalue weighted by Crippen LogP contribution is -2.13. The Hall–Kier alpha value is -1.63. The average molecular weight is 345 g/mol. The number of sulfone groups is 1. The summed E-state index contributed by atoms with van der Waals surface area (Å²) in [6.07, 6.45) is 2.45. The van der Waals surface area contributed by atoms with Crippen molar-refractivity contribution >= 4 is 44.8 Å². The van der Waals surface area contributed by atoms with Gasteiger partial charge in [-0.2, -0.15) is 0 Å². The number of aromatic nitrogens is 1. The van der Waals surface area contributed by atoms with Crippen molar-refractivity contribution < 1.29 is 13.2 Å². The van der Waals surface area contributed by atoms with E-state index in [9.17, 15) is 13.2 Å². The molecular weight excluding hydrogens is 335 g/mol. The van der Waals surface area contributed by atoms with E-state index >= 15 is 0 Å². The number of hydrogen-bond donors (Lipinski definition) is 1. The highest BCUT2D eigenvalue weighted by Gasteiger charge is 2.12. The van der Waals surface area contributed by atoms with Crippen LogP contribution >= 0.6 is 23.2 Å². The van der Waals surface area contributed by atoms with E-state index in [0.717, 1.165) is 6.26 Å². The van der Waals surface area contributed by atoms with Gasteiger partial charge < -0.3 is 5.32 Å². The predicted octanol–water partition coefficient (Wildman–Crippen LogP) is 3.04. The minimum atomic E-state index is -3.30. The molecule has 1 amide bonds. The summed E-state index contributed by atoms with van der Waals surface area (Å²) in [5.74, 6) is -0.273. The van der Waals surface area contributed by atoms with Crippen molar-refractivity contribution in [2.45, 2.75) is 4.90 Å². The molecule has 0 saturated heterocycles. The van der Waals surface area contributed by atoms with Crippen LogP contribution in [0.4, 0.5) is 5.82 Å². The Morgan fingerprint density at radius 2 is 1.81 bits per heavy atom. The van der Waals surface area contributed by atoms with Crippen LogP contribution in [0.5, 0.6) is 0 Å². The van der Waals surface area contributed by atoms with Gasteiger partial charge in [0, 0.05) is 18.0 Å². The van der Waals surface area contributed by atoms with Crippen molar-refractivity contribution in [2.24, 2.45) is 0 Å². The van der Waals surface area contributed by atoms with Crippen LogP contribution in [0.25, 0.3) is 0 Å². The number of carbonyl (C=O) groups is 1. The summed E-state index contributed by atoms with van der Waals surface area (Å²) in [6.45, 7) is 0. The first-order chi connectivity index (χ1) is 9.77. The quantitative estimate of drug-likeness (QED) is 0.928. The fourth-order valence-electron chi connectivity index (χ4n) is 1.54. The monoisotopic (exact) mass is 344 g/mol. The third kappa shape index (κ3) is 3.93. The van der Waals surface area contributed by atoms with Crippen LogP contribution in [0.1, 0.15) is 10.4 Å². The molecule has 0 atom stereocenters. The fraction of sp³-hybridized carbons (Fsp3) is 0.0769. The lowest BCUT2D eigenvalue weighted by atomic mass is 10.2. The molecule has 0 aliphatic carbocycles. The van der Waals surface area contributed by atoms with Crippen molar-refractivity contribution in [1.29, 1.82) is 0 Å². The number of carbonyl (C=O) groups excluding carboxylic acids is 1. The molecule has 1 heterocycles. The summed E-state index contributed by atoms with van der Waals surface area (Å²) in [5, 5.41) is 3.09. The van der Waals surface area contributed by atoms with E-state index in [1.165, 1.54) is 36.5 Å². The summed E-state index contributed by atoms with van der Waals surface area (Å²) in [5.41, 5.74) is 0.287. The molecular formula is C13H10Cl2N2O3S. The predicted molar refractivity (Wildman–Crippen MR) is 81.8 cm³/mol. The smallest absolute Gasteiger partial charge is 0.256 e. The number of amides is 1. The number of benzene rings is 1. The molecule has 0 aliphatic rings. The standard InChI is InChI=1S/C13H10Cl2N2O3S/c1-21(19,20)10-4-2-8(3-5-10)13(18)17-12-11(15)6-9(14)7-16-12/h2-7H,1H3,(H,16,17,18). The average Bonchev–Trinajstić information content (AvgIpc) is 2.41. The van der Waals surface area contributed by atoms with E-state index in [2.05, 4.69) is 10.3 Å². The molecule has 1 aromatic heterocycles. The van der Waals surface area contributed by atoms with Crippen LogP contribution in [0.15, 0.2) is 41.4 Å². The molecule has 2 rings (SSSR count). The second-order valence-electron chi connectivity index (χ2n) is 4.23. The highest BCUT2D eigenvalue weighted by Crippen LogP contribution is 2.23. The number of pyridine rings is 1. The van der Waals surface area contributed by atoms with Gasteiger partial charge in [-0.05, 0) is 30.3 Å². The van der Waals surface area contributed by atoms with Crippen molar-refractivity contribution in [3.63, 3.8) is 0 Å². The summed E-state index contributed by atoms with van der Waals surface area (Å²) in [4.78, 5) is 16.1. The Bertz CT molecular complexity index is 790. The molecule has 5 nitrogen and oxygen atoms in total. The molecule has 110 valence electrons. The molecule has 0 unspecified atom stereocenters. The number of halogens is 2. The lowest BCUT2D eigenvalue weighted by Gasteiger charge is -2.07. The first-order valence-corrected chi connectivity index (χ1v) is 8.34. The minimum Gasteiger partial charge on any atom is -0.305 e. The van der Waals surface area contributed by atoms with Crippen molar-refractivity contribution in [2.75, 3.05) is 11.6 Å². The van der Waals surface area contributed by atoms with Gasteiger partial charge in [0.25, 0.3) is 5.91 Å².